The number of hydrogen-bond acceptors (Lipinski definition) is 4. The van der Waals surface area contributed by atoms with Gasteiger partial charge < -0.3 is 11.1 Å². The SMILES string of the molecule is CCSC1CCC(Nc2nc(N)c(Cl)cc2Cl)C1. The van der Waals surface area contributed by atoms with Gasteiger partial charge in [0.2, 0.25) is 0 Å². The third-order valence-electron chi connectivity index (χ3n) is 3.08. The smallest absolute Gasteiger partial charge is 0.147 e. The third-order valence-corrected chi connectivity index (χ3v) is 4.91. The maximum atomic E-state index is 6.11. The van der Waals surface area contributed by atoms with Crippen LogP contribution in [0.4, 0.5) is 11.6 Å². The Kier molecular flexibility index (Phi) is 4.87. The Morgan fingerprint density at radius 2 is 2.22 bits per heavy atom. The molecule has 0 bridgehead atoms. The van der Waals surface area contributed by atoms with Crippen molar-refractivity contribution < 1.29 is 0 Å². The zero-order valence-electron chi connectivity index (χ0n) is 10.2. The number of pyridine rings is 1. The average molecular weight is 306 g/mol. The van der Waals surface area contributed by atoms with Crippen molar-refractivity contribution in [3.63, 3.8) is 0 Å². The highest BCUT2D eigenvalue weighted by molar-refractivity contribution is 7.99. The highest BCUT2D eigenvalue weighted by Crippen LogP contribution is 2.33. The minimum atomic E-state index is 0.320. The molecule has 2 atom stereocenters. The van der Waals surface area contributed by atoms with Crippen LogP contribution in [0.5, 0.6) is 0 Å². The summed E-state index contributed by atoms with van der Waals surface area (Å²) in [6, 6.07) is 2.07. The van der Waals surface area contributed by atoms with Crippen LogP contribution in [0.15, 0.2) is 6.07 Å². The molecule has 2 unspecified atom stereocenters. The van der Waals surface area contributed by atoms with Crippen molar-refractivity contribution in [2.24, 2.45) is 0 Å². The molecule has 1 aliphatic carbocycles. The molecule has 100 valence electrons. The summed E-state index contributed by atoms with van der Waals surface area (Å²) in [5, 5.41) is 5.04. The Morgan fingerprint density at radius 3 is 2.94 bits per heavy atom. The third kappa shape index (κ3) is 3.37. The fourth-order valence-electron chi connectivity index (χ4n) is 2.23. The van der Waals surface area contributed by atoms with Crippen LogP contribution in [0.1, 0.15) is 26.2 Å². The summed E-state index contributed by atoms with van der Waals surface area (Å²) in [6.45, 7) is 2.20. The van der Waals surface area contributed by atoms with Gasteiger partial charge in [-0.1, -0.05) is 30.1 Å². The van der Waals surface area contributed by atoms with E-state index in [4.69, 9.17) is 28.9 Å². The number of nitrogens with one attached hydrogen (secondary N) is 1. The van der Waals surface area contributed by atoms with Crippen LogP contribution in [-0.4, -0.2) is 22.0 Å². The van der Waals surface area contributed by atoms with E-state index in [0.29, 0.717) is 27.7 Å². The lowest BCUT2D eigenvalue weighted by Crippen LogP contribution is -2.17. The second-order valence-corrected chi connectivity index (χ2v) is 6.81. The van der Waals surface area contributed by atoms with Crippen LogP contribution in [0.2, 0.25) is 10.0 Å². The van der Waals surface area contributed by atoms with E-state index in [-0.39, 0.29) is 0 Å². The van der Waals surface area contributed by atoms with Crippen LogP contribution >= 0.6 is 35.0 Å². The normalized spacial score (nSPS) is 23.3. The largest absolute Gasteiger partial charge is 0.382 e. The number of rotatable bonds is 4. The van der Waals surface area contributed by atoms with Crippen LogP contribution in [-0.2, 0) is 0 Å². The Balaban J connectivity index is 2.00. The van der Waals surface area contributed by atoms with E-state index in [1.54, 1.807) is 6.07 Å². The molecule has 0 aliphatic heterocycles. The number of nitrogen functional groups attached to an aromatic ring is 1. The van der Waals surface area contributed by atoms with Gasteiger partial charge in [-0.25, -0.2) is 4.98 Å². The number of nitrogens with two attached hydrogens (primary N) is 1. The minimum absolute atomic E-state index is 0.320. The van der Waals surface area contributed by atoms with Crippen molar-refractivity contribution in [2.75, 3.05) is 16.8 Å². The molecule has 1 aromatic rings. The molecule has 1 aromatic heterocycles. The van der Waals surface area contributed by atoms with Gasteiger partial charge in [-0.3, -0.25) is 0 Å². The molecule has 1 aliphatic rings. The van der Waals surface area contributed by atoms with Crippen LogP contribution in [0.3, 0.4) is 0 Å². The van der Waals surface area contributed by atoms with Crippen molar-refractivity contribution in [1.82, 2.24) is 4.98 Å². The summed E-state index contributed by atoms with van der Waals surface area (Å²) in [5.74, 6) is 2.14. The second-order valence-electron chi connectivity index (χ2n) is 4.42. The average Bonchev–Trinajstić information content (AvgIpc) is 2.74. The maximum absolute atomic E-state index is 6.11. The van der Waals surface area contributed by atoms with E-state index in [1.807, 2.05) is 11.8 Å². The second kappa shape index (κ2) is 6.22. The molecule has 0 radical (unpaired) electrons. The number of nitrogens with zero attached hydrogens (tertiary/aromatic N) is 1. The molecule has 0 amide bonds. The minimum Gasteiger partial charge on any atom is -0.382 e. The van der Waals surface area contributed by atoms with Crippen LogP contribution in [0, 0.1) is 0 Å². The molecule has 18 heavy (non-hydrogen) atoms. The molecular formula is C12H17Cl2N3S. The van der Waals surface area contributed by atoms with Crippen molar-refractivity contribution >= 4 is 46.6 Å². The predicted octanol–water partition coefficient (Wildman–Crippen LogP) is 4.06. The maximum Gasteiger partial charge on any atom is 0.147 e. The van der Waals surface area contributed by atoms with Gasteiger partial charge in [0.1, 0.15) is 11.6 Å². The zero-order chi connectivity index (χ0) is 13.1. The molecule has 3 nitrogen and oxygen atoms in total. The van der Waals surface area contributed by atoms with Crippen LogP contribution < -0.4 is 11.1 Å². The van der Waals surface area contributed by atoms with Gasteiger partial charge >= 0.3 is 0 Å². The first-order valence-electron chi connectivity index (χ1n) is 6.09. The molecule has 0 saturated heterocycles. The highest BCUT2D eigenvalue weighted by atomic mass is 35.5. The number of hydrogen-bond donors (Lipinski definition) is 2. The van der Waals surface area contributed by atoms with Crippen LogP contribution in [0.25, 0.3) is 0 Å². The van der Waals surface area contributed by atoms with E-state index >= 15 is 0 Å². The quantitative estimate of drug-likeness (QED) is 0.881. The summed E-state index contributed by atoms with van der Waals surface area (Å²) in [6.07, 6.45) is 3.55. The summed E-state index contributed by atoms with van der Waals surface area (Å²) in [4.78, 5) is 4.20. The number of halogens is 2. The lowest BCUT2D eigenvalue weighted by atomic mass is 10.2. The van der Waals surface area contributed by atoms with Gasteiger partial charge in [0.15, 0.2) is 0 Å². The van der Waals surface area contributed by atoms with Crippen molar-refractivity contribution in [3.8, 4) is 0 Å². The lowest BCUT2D eigenvalue weighted by Gasteiger charge is -2.15. The molecule has 3 N–H and O–H groups in total. The summed E-state index contributed by atoms with van der Waals surface area (Å²) >= 11 is 14.0. The fourth-order valence-corrected chi connectivity index (χ4v) is 3.79. The Morgan fingerprint density at radius 1 is 1.44 bits per heavy atom. The van der Waals surface area contributed by atoms with Gasteiger partial charge in [-0.2, -0.15) is 11.8 Å². The van der Waals surface area contributed by atoms with E-state index in [9.17, 15) is 0 Å². The molecule has 2 rings (SSSR count). The number of thioether (sulfide) groups is 1. The standard InChI is InChI=1S/C12H17Cl2N3S/c1-2-18-8-4-3-7(5-8)16-12-10(14)6-9(13)11(15)17-12/h6-8H,2-5H2,1H3,(H3,15,16,17). The summed E-state index contributed by atoms with van der Waals surface area (Å²) in [7, 11) is 0. The van der Waals surface area contributed by atoms with Gasteiger partial charge in [0, 0.05) is 11.3 Å². The zero-order valence-corrected chi connectivity index (χ0v) is 12.6. The first-order chi connectivity index (χ1) is 8.60. The Hall–Kier alpha value is -0.320. The van der Waals surface area contributed by atoms with E-state index in [0.717, 1.165) is 18.1 Å². The van der Waals surface area contributed by atoms with Gasteiger partial charge in [-0.15, -0.1) is 0 Å². The number of aromatic nitrogens is 1. The lowest BCUT2D eigenvalue weighted by molar-refractivity contribution is 0.752. The van der Waals surface area contributed by atoms with Gasteiger partial charge in [0.05, 0.1) is 10.0 Å². The molecule has 1 fully saturated rings. The fraction of sp³-hybridized carbons (Fsp3) is 0.583. The molecule has 1 heterocycles. The first-order valence-corrected chi connectivity index (χ1v) is 7.90. The molecule has 0 aromatic carbocycles. The monoisotopic (exact) mass is 305 g/mol. The molecule has 6 heteroatoms. The summed E-state index contributed by atoms with van der Waals surface area (Å²) < 4.78 is 0. The van der Waals surface area contributed by atoms with Crippen molar-refractivity contribution in [2.45, 2.75) is 37.5 Å². The Labute approximate surface area is 122 Å². The number of anilines is 2. The van der Waals surface area contributed by atoms with E-state index in [1.165, 1.54) is 12.2 Å². The first kappa shape index (κ1) is 14.1. The van der Waals surface area contributed by atoms with E-state index < -0.39 is 0 Å². The molecule has 1 saturated carbocycles. The van der Waals surface area contributed by atoms with Crippen molar-refractivity contribution in [3.05, 3.63) is 16.1 Å². The van der Waals surface area contributed by atoms with E-state index in [2.05, 4.69) is 17.2 Å². The van der Waals surface area contributed by atoms with Gasteiger partial charge in [-0.05, 0) is 31.1 Å². The van der Waals surface area contributed by atoms with Crippen molar-refractivity contribution in [1.29, 1.82) is 0 Å². The molecule has 0 spiro atoms. The van der Waals surface area contributed by atoms with Gasteiger partial charge in [0.25, 0.3) is 0 Å². The topological polar surface area (TPSA) is 50.9 Å². The Bertz CT molecular complexity index is 428. The highest BCUT2D eigenvalue weighted by Gasteiger charge is 2.25. The summed E-state index contributed by atoms with van der Waals surface area (Å²) in [5.41, 5.74) is 5.69. The molecular weight excluding hydrogens is 289 g/mol. The predicted molar refractivity (Wildman–Crippen MR) is 81.9 cm³/mol.